The second-order valence-corrected chi connectivity index (χ2v) is 15.5. The fourth-order valence-corrected chi connectivity index (χ4v) is 5.78. The van der Waals surface area contributed by atoms with E-state index in [2.05, 4.69) is 64.1 Å². The number of carbonyl (C=O) groups is 1. The molecule has 0 saturated heterocycles. The summed E-state index contributed by atoms with van der Waals surface area (Å²) in [6.07, 6.45) is 3.17. The van der Waals surface area contributed by atoms with Crippen LogP contribution < -0.4 is 0 Å². The van der Waals surface area contributed by atoms with Crippen molar-refractivity contribution in [2.45, 2.75) is 81.1 Å². The van der Waals surface area contributed by atoms with Gasteiger partial charge >= 0.3 is 0 Å². The molecule has 5 heteroatoms. The van der Waals surface area contributed by atoms with Crippen molar-refractivity contribution in [2.24, 2.45) is 10.8 Å². The number of benzene rings is 5. The van der Waals surface area contributed by atoms with Crippen LogP contribution >= 0.6 is 0 Å². The summed E-state index contributed by atoms with van der Waals surface area (Å²) in [6, 6.07) is 28.2. The van der Waals surface area contributed by atoms with E-state index in [0.29, 0.717) is 17.2 Å². The Hall–Kier alpha value is -3.92. The van der Waals surface area contributed by atoms with Gasteiger partial charge in [0.15, 0.2) is 5.78 Å². The van der Waals surface area contributed by atoms with E-state index >= 15 is 4.39 Å². The molecule has 1 radical (unpaired) electrons. The molecule has 0 atom stereocenters. The largest absolute Gasteiger partial charge is 0.512 e. The average Bonchev–Trinajstić information content (AvgIpc) is 3.03. The maximum absolute atomic E-state index is 15.7. The number of aliphatic hydroxyl groups excluding tert-OH is 1. The van der Waals surface area contributed by atoms with E-state index in [0.717, 1.165) is 49.0 Å². The number of allylic oxidation sites excluding steroid dienone is 2. The summed E-state index contributed by atoms with van der Waals surface area (Å²) in [5, 5.41) is 17.2. The number of pyridine rings is 1. The molecule has 0 aliphatic rings. The monoisotopic (exact) mass is 833 g/mol. The maximum atomic E-state index is 15.7. The van der Waals surface area contributed by atoms with Crippen LogP contribution in [0.2, 0.25) is 0 Å². The predicted molar refractivity (Wildman–Crippen MR) is 201 cm³/mol. The van der Waals surface area contributed by atoms with Gasteiger partial charge in [-0.1, -0.05) is 118 Å². The van der Waals surface area contributed by atoms with Gasteiger partial charge in [0.05, 0.1) is 0 Å². The Morgan fingerprint density at radius 1 is 0.755 bits per heavy atom. The van der Waals surface area contributed by atoms with Crippen LogP contribution in [0.4, 0.5) is 4.39 Å². The molecule has 0 unspecified atom stereocenters. The maximum Gasteiger partial charge on any atom is 0.164 e. The van der Waals surface area contributed by atoms with Gasteiger partial charge in [-0.2, -0.15) is 0 Å². The fraction of sp³-hybridized carbons (Fsp3) is 0.318. The van der Waals surface area contributed by atoms with Crippen LogP contribution in [0, 0.1) is 22.7 Å². The molecule has 6 rings (SSSR count). The number of ketones is 1. The van der Waals surface area contributed by atoms with Crippen LogP contribution in [-0.2, 0) is 24.9 Å². The van der Waals surface area contributed by atoms with Gasteiger partial charge in [0.1, 0.15) is 11.6 Å². The van der Waals surface area contributed by atoms with Gasteiger partial charge in [0, 0.05) is 48.6 Å². The molecule has 257 valence electrons. The van der Waals surface area contributed by atoms with Gasteiger partial charge in [0.2, 0.25) is 0 Å². The second kappa shape index (κ2) is 14.5. The number of aliphatic hydroxyl groups is 1. The van der Waals surface area contributed by atoms with E-state index in [1.54, 1.807) is 6.07 Å². The van der Waals surface area contributed by atoms with E-state index in [1.807, 2.05) is 84.1 Å². The number of nitrogens with zero attached hydrogens (tertiary/aromatic N) is 1. The van der Waals surface area contributed by atoms with Crippen LogP contribution in [0.3, 0.4) is 0 Å². The molecule has 1 aromatic heterocycles. The zero-order chi connectivity index (χ0) is 35.1. The first-order valence-corrected chi connectivity index (χ1v) is 16.8. The summed E-state index contributed by atoms with van der Waals surface area (Å²) in [4.78, 5) is 16.3. The van der Waals surface area contributed by atoms with Crippen molar-refractivity contribution in [2.75, 3.05) is 0 Å². The average molecular weight is 833 g/mol. The molecule has 3 nitrogen and oxygen atoms in total. The molecule has 0 aliphatic carbocycles. The number of carbonyl (C=O) groups excluding carboxylic acids is 1. The third-order valence-corrected chi connectivity index (χ3v) is 8.95. The summed E-state index contributed by atoms with van der Waals surface area (Å²) < 4.78 is 15.7. The second-order valence-electron chi connectivity index (χ2n) is 15.5. The Balaban J connectivity index is 0.000000332. The van der Waals surface area contributed by atoms with Crippen molar-refractivity contribution >= 4 is 48.9 Å². The van der Waals surface area contributed by atoms with Crippen LogP contribution in [0.5, 0.6) is 0 Å². The van der Waals surface area contributed by atoms with Gasteiger partial charge < -0.3 is 10.1 Å². The summed E-state index contributed by atoms with van der Waals surface area (Å²) >= 11 is 0. The fourth-order valence-electron chi connectivity index (χ4n) is 5.78. The molecule has 1 N–H and O–H groups in total. The van der Waals surface area contributed by atoms with Crippen molar-refractivity contribution in [3.05, 3.63) is 114 Å². The van der Waals surface area contributed by atoms with Crippen molar-refractivity contribution < 1.29 is 34.4 Å². The van der Waals surface area contributed by atoms with E-state index in [1.165, 1.54) is 17.2 Å². The summed E-state index contributed by atoms with van der Waals surface area (Å²) in [7, 11) is 0. The number of aromatic nitrogens is 1. The SMILES string of the molecule is CC(C)(C)C(=O)/C=C(\O)C(C)(C)C.CC(C)c1[c-]c(-c2nccc3c2ccc2c3cc(F)c3c4ccccc4ccc23)cc(C(C)C)c1.[Ir]. The van der Waals surface area contributed by atoms with Gasteiger partial charge in [0.25, 0.3) is 0 Å². The van der Waals surface area contributed by atoms with Crippen LogP contribution in [0.25, 0.3) is 54.3 Å². The van der Waals surface area contributed by atoms with Crippen LogP contribution in [-0.4, -0.2) is 15.9 Å². The van der Waals surface area contributed by atoms with Crippen LogP contribution in [0.15, 0.2) is 90.8 Å². The van der Waals surface area contributed by atoms with Gasteiger partial charge in [-0.15, -0.1) is 34.9 Å². The van der Waals surface area contributed by atoms with Crippen molar-refractivity contribution in [1.82, 2.24) is 4.98 Å². The first kappa shape index (κ1) is 37.9. The van der Waals surface area contributed by atoms with Crippen molar-refractivity contribution in [3.8, 4) is 11.3 Å². The van der Waals surface area contributed by atoms with E-state index in [9.17, 15) is 9.90 Å². The molecule has 5 aromatic carbocycles. The molecule has 0 amide bonds. The molecular formula is C44H47FIrNO2-. The Kier molecular flexibility index (Phi) is 11.2. The van der Waals surface area contributed by atoms with Gasteiger partial charge in [-0.05, 0) is 67.4 Å². The standard InChI is InChI=1S/C33H27FN.C11H20O2.Ir/c1-19(2)22-15-23(20(3)4)17-24(16-22)33-29-12-11-26-28-10-9-21-7-5-6-8-25(21)32(28)31(34)18-30(26)27(29)13-14-35-33;1-10(2,3)8(12)7-9(13)11(4,5)6;/h5-16,18-20H,1-4H3;7,12H,1-6H3;/q-1;;/b;8-7-;. The quantitative estimate of drug-likeness (QED) is 0.0833. The first-order chi connectivity index (χ1) is 22.5. The summed E-state index contributed by atoms with van der Waals surface area (Å²) in [6.45, 7) is 19.9. The van der Waals surface area contributed by atoms with Crippen LogP contribution in [0.1, 0.15) is 92.2 Å². The van der Waals surface area contributed by atoms with Crippen molar-refractivity contribution in [1.29, 1.82) is 0 Å². The number of fused-ring (bicyclic) bond motifs is 7. The minimum absolute atomic E-state index is 0. The van der Waals surface area contributed by atoms with Gasteiger partial charge in [-0.25, -0.2) is 4.39 Å². The van der Waals surface area contributed by atoms with Gasteiger partial charge in [-0.3, -0.25) is 4.79 Å². The molecule has 0 bridgehead atoms. The first-order valence-electron chi connectivity index (χ1n) is 16.8. The van der Waals surface area contributed by atoms with E-state index in [4.69, 9.17) is 4.98 Å². The Labute approximate surface area is 304 Å². The van der Waals surface area contributed by atoms with E-state index < -0.39 is 5.41 Å². The summed E-state index contributed by atoms with van der Waals surface area (Å²) in [5.41, 5.74) is 3.60. The number of halogens is 1. The topological polar surface area (TPSA) is 50.2 Å². The molecule has 0 spiro atoms. The molecule has 6 aromatic rings. The predicted octanol–water partition coefficient (Wildman–Crippen LogP) is 12.6. The Morgan fingerprint density at radius 3 is 2.02 bits per heavy atom. The van der Waals surface area contributed by atoms with Crippen molar-refractivity contribution in [3.63, 3.8) is 0 Å². The zero-order valence-corrected chi connectivity index (χ0v) is 32.6. The Bertz CT molecular complexity index is 2170. The normalized spacial score (nSPS) is 12.5. The summed E-state index contributed by atoms with van der Waals surface area (Å²) in [5.74, 6) is 0.698. The minimum atomic E-state index is -0.417. The van der Waals surface area contributed by atoms with E-state index in [-0.39, 0.29) is 42.9 Å². The molecular weight excluding hydrogens is 786 g/mol. The molecule has 0 aliphatic heterocycles. The number of hydrogen-bond donors (Lipinski definition) is 1. The minimum Gasteiger partial charge on any atom is -0.512 e. The molecule has 0 saturated carbocycles. The Morgan fingerprint density at radius 2 is 1.39 bits per heavy atom. The third kappa shape index (κ3) is 7.95. The zero-order valence-electron chi connectivity index (χ0n) is 30.3. The molecule has 1 heterocycles. The third-order valence-electron chi connectivity index (χ3n) is 8.95. The number of hydrogen-bond acceptors (Lipinski definition) is 3. The number of rotatable bonds is 4. The molecule has 0 fully saturated rings. The molecule has 49 heavy (non-hydrogen) atoms. The smallest absolute Gasteiger partial charge is 0.164 e.